The third-order valence-electron chi connectivity index (χ3n) is 4.24. The van der Waals surface area contributed by atoms with Gasteiger partial charge >= 0.3 is 0 Å². The Morgan fingerprint density at radius 1 is 1.15 bits per heavy atom. The van der Waals surface area contributed by atoms with Crippen LogP contribution in [0.25, 0.3) is 0 Å². The Balaban J connectivity index is 1.39. The van der Waals surface area contributed by atoms with E-state index in [-0.39, 0.29) is 30.6 Å². The molecule has 2 heterocycles. The zero-order valence-corrected chi connectivity index (χ0v) is 15.8. The van der Waals surface area contributed by atoms with Crippen LogP contribution in [0.3, 0.4) is 0 Å². The van der Waals surface area contributed by atoms with Crippen LogP contribution in [0.2, 0.25) is 0 Å². The smallest absolute Gasteiger partial charge is 0.220 e. The fourth-order valence-electron chi connectivity index (χ4n) is 2.70. The molecule has 1 amide bonds. The summed E-state index contributed by atoms with van der Waals surface area (Å²) in [6.45, 7) is 4.39. The minimum atomic E-state index is -0.161. The summed E-state index contributed by atoms with van der Waals surface area (Å²) in [6.07, 6.45) is 0.916. The molecule has 1 atom stereocenters. The number of hydrogen-bond donors (Lipinski definition) is 1. The van der Waals surface area contributed by atoms with E-state index in [0.717, 1.165) is 16.2 Å². The molecule has 2 aromatic rings. The van der Waals surface area contributed by atoms with E-state index in [4.69, 9.17) is 4.84 Å². The highest BCUT2D eigenvalue weighted by molar-refractivity contribution is 7.14. The van der Waals surface area contributed by atoms with Crippen LogP contribution < -0.4 is 5.32 Å². The zero-order chi connectivity index (χ0) is 18.5. The normalized spacial score (nSPS) is 16.1. The molecule has 0 radical (unpaired) electrons. The second-order valence-electron chi connectivity index (χ2n) is 6.47. The summed E-state index contributed by atoms with van der Waals surface area (Å²) in [6, 6.07) is 11.9. The van der Waals surface area contributed by atoms with Crippen molar-refractivity contribution in [2.24, 2.45) is 5.16 Å². The number of amides is 1. The van der Waals surface area contributed by atoms with E-state index < -0.39 is 0 Å². The molecule has 6 heteroatoms. The van der Waals surface area contributed by atoms with Crippen molar-refractivity contribution in [3.05, 3.63) is 57.3 Å². The first-order valence-electron chi connectivity index (χ1n) is 8.67. The van der Waals surface area contributed by atoms with Crippen molar-refractivity contribution in [3.8, 4) is 0 Å². The van der Waals surface area contributed by atoms with E-state index in [2.05, 4.69) is 10.5 Å². The first kappa shape index (κ1) is 18.3. The maximum absolute atomic E-state index is 12.0. The van der Waals surface area contributed by atoms with Crippen molar-refractivity contribution in [2.75, 3.05) is 6.54 Å². The monoisotopic (exact) mass is 370 g/mol. The summed E-state index contributed by atoms with van der Waals surface area (Å²) in [7, 11) is 0. The fourth-order valence-corrected chi connectivity index (χ4v) is 3.54. The molecule has 1 aliphatic rings. The summed E-state index contributed by atoms with van der Waals surface area (Å²) in [5.74, 6) is -0.126. The molecule has 26 heavy (non-hydrogen) atoms. The number of nitrogens with zero attached hydrogens (tertiary/aromatic N) is 1. The third kappa shape index (κ3) is 4.79. The number of oxime groups is 1. The Hall–Kier alpha value is -2.47. The number of Topliss-reactive ketones (excluding diaryl/α,β-unsaturated/α-hetero) is 1. The van der Waals surface area contributed by atoms with Gasteiger partial charge in [-0.25, -0.2) is 0 Å². The Bertz CT molecular complexity index is 824. The Kier molecular flexibility index (Phi) is 5.83. The number of carbonyl (C=O) groups is 2. The molecule has 136 valence electrons. The lowest BCUT2D eigenvalue weighted by Crippen LogP contribution is -2.32. The highest BCUT2D eigenvalue weighted by Crippen LogP contribution is 2.18. The molecule has 0 aliphatic carbocycles. The van der Waals surface area contributed by atoms with Gasteiger partial charge in [-0.3, -0.25) is 9.59 Å². The quantitative estimate of drug-likeness (QED) is 0.757. The Morgan fingerprint density at radius 3 is 2.62 bits per heavy atom. The maximum Gasteiger partial charge on any atom is 0.220 e. The van der Waals surface area contributed by atoms with E-state index in [1.807, 2.05) is 50.2 Å². The minimum absolute atomic E-state index is 0.0142. The predicted molar refractivity (Wildman–Crippen MR) is 103 cm³/mol. The van der Waals surface area contributed by atoms with Crippen LogP contribution in [0.15, 0.2) is 41.6 Å². The number of hydrogen-bond acceptors (Lipinski definition) is 5. The lowest BCUT2D eigenvalue weighted by Gasteiger charge is -2.09. The molecule has 5 nitrogen and oxygen atoms in total. The average Bonchev–Trinajstić information content (AvgIpc) is 3.27. The van der Waals surface area contributed by atoms with Crippen molar-refractivity contribution >= 4 is 28.7 Å². The van der Waals surface area contributed by atoms with Gasteiger partial charge in [-0.1, -0.05) is 35.0 Å². The van der Waals surface area contributed by atoms with Gasteiger partial charge in [0, 0.05) is 24.1 Å². The molecule has 0 saturated heterocycles. The number of ketones is 1. The Labute approximate surface area is 157 Å². The summed E-state index contributed by atoms with van der Waals surface area (Å²) in [4.78, 5) is 31.2. The molecule has 0 fully saturated rings. The van der Waals surface area contributed by atoms with Crippen LogP contribution in [-0.2, 0) is 9.63 Å². The average molecular weight is 370 g/mol. The van der Waals surface area contributed by atoms with Gasteiger partial charge in [0.15, 0.2) is 5.78 Å². The molecule has 1 N–H and O–H groups in total. The van der Waals surface area contributed by atoms with Crippen LogP contribution in [0.4, 0.5) is 0 Å². The lowest BCUT2D eigenvalue weighted by molar-refractivity contribution is -0.121. The number of rotatable bonds is 7. The van der Waals surface area contributed by atoms with E-state index in [0.29, 0.717) is 17.8 Å². The molecular formula is C20H22N2O3S. The van der Waals surface area contributed by atoms with Gasteiger partial charge in [-0.15, -0.1) is 11.3 Å². The van der Waals surface area contributed by atoms with Crippen molar-refractivity contribution in [1.82, 2.24) is 5.32 Å². The first-order chi connectivity index (χ1) is 12.5. The van der Waals surface area contributed by atoms with Gasteiger partial charge in [0.1, 0.15) is 6.10 Å². The third-order valence-corrected chi connectivity index (χ3v) is 5.28. The van der Waals surface area contributed by atoms with Crippen LogP contribution in [0.5, 0.6) is 0 Å². The highest BCUT2D eigenvalue weighted by atomic mass is 32.1. The molecule has 0 bridgehead atoms. The number of carbonyl (C=O) groups excluding carboxylic acids is 2. The topological polar surface area (TPSA) is 67.8 Å². The molecule has 0 unspecified atom stereocenters. The van der Waals surface area contributed by atoms with Crippen LogP contribution in [-0.4, -0.2) is 30.1 Å². The second kappa shape index (κ2) is 8.27. The van der Waals surface area contributed by atoms with Crippen molar-refractivity contribution < 1.29 is 14.4 Å². The Morgan fingerprint density at radius 2 is 1.92 bits per heavy atom. The molecule has 0 saturated carbocycles. The number of aryl methyl sites for hydroxylation is 2. The zero-order valence-electron chi connectivity index (χ0n) is 15.0. The summed E-state index contributed by atoms with van der Waals surface area (Å²) in [5.41, 5.74) is 3.14. The highest BCUT2D eigenvalue weighted by Gasteiger charge is 2.22. The van der Waals surface area contributed by atoms with E-state index in [1.165, 1.54) is 16.9 Å². The van der Waals surface area contributed by atoms with Crippen LogP contribution in [0, 0.1) is 13.8 Å². The maximum atomic E-state index is 12.0. The van der Waals surface area contributed by atoms with Crippen LogP contribution >= 0.6 is 11.3 Å². The molecule has 0 spiro atoms. The summed E-state index contributed by atoms with van der Waals surface area (Å²) in [5, 5.41) is 6.96. The summed E-state index contributed by atoms with van der Waals surface area (Å²) < 4.78 is 0. The van der Waals surface area contributed by atoms with Gasteiger partial charge in [0.25, 0.3) is 0 Å². The number of benzene rings is 1. The second-order valence-corrected chi connectivity index (χ2v) is 7.76. The lowest BCUT2D eigenvalue weighted by atomic mass is 10.0. The molecule has 1 aromatic carbocycles. The molecule has 1 aromatic heterocycles. The minimum Gasteiger partial charge on any atom is -0.390 e. The predicted octanol–water partition coefficient (Wildman–Crippen LogP) is 3.64. The SMILES string of the molecule is Cc1ccc(C2=NO[C@H](CNC(=O)CCC(=O)c3ccc(C)s3)C2)cc1. The molecular weight excluding hydrogens is 348 g/mol. The standard InChI is InChI=1S/C20H22N2O3S/c1-13-3-6-15(7-4-13)17-11-16(25-22-17)12-21-20(24)10-8-18(23)19-9-5-14(2)26-19/h3-7,9,16H,8,10-12H2,1-2H3,(H,21,24)/t16-/m0/s1. The van der Waals surface area contributed by atoms with Crippen molar-refractivity contribution in [1.29, 1.82) is 0 Å². The number of nitrogens with one attached hydrogen (secondary N) is 1. The van der Waals surface area contributed by atoms with E-state index in [9.17, 15) is 9.59 Å². The van der Waals surface area contributed by atoms with Gasteiger partial charge in [-0.2, -0.15) is 0 Å². The largest absolute Gasteiger partial charge is 0.390 e. The van der Waals surface area contributed by atoms with Crippen molar-refractivity contribution in [3.63, 3.8) is 0 Å². The van der Waals surface area contributed by atoms with Crippen LogP contribution in [0.1, 0.15) is 44.9 Å². The molecule has 3 rings (SSSR count). The summed E-state index contributed by atoms with van der Waals surface area (Å²) >= 11 is 1.46. The van der Waals surface area contributed by atoms with Gasteiger partial charge < -0.3 is 10.2 Å². The molecule has 1 aliphatic heterocycles. The van der Waals surface area contributed by atoms with E-state index in [1.54, 1.807) is 0 Å². The van der Waals surface area contributed by atoms with E-state index >= 15 is 0 Å². The van der Waals surface area contributed by atoms with Gasteiger partial charge in [-0.05, 0) is 31.5 Å². The van der Waals surface area contributed by atoms with Gasteiger partial charge in [0.05, 0.1) is 17.1 Å². The number of thiophene rings is 1. The van der Waals surface area contributed by atoms with Gasteiger partial charge in [0.2, 0.25) is 5.91 Å². The fraction of sp³-hybridized carbons (Fsp3) is 0.350. The first-order valence-corrected chi connectivity index (χ1v) is 9.49. The van der Waals surface area contributed by atoms with Crippen molar-refractivity contribution in [2.45, 2.75) is 39.2 Å².